The second-order valence-corrected chi connectivity index (χ2v) is 4.48. The molecule has 1 aliphatic heterocycles. The van der Waals surface area contributed by atoms with Gasteiger partial charge < -0.3 is 15.1 Å². The van der Waals surface area contributed by atoms with Crippen molar-refractivity contribution in [2.45, 2.75) is 25.3 Å². The second-order valence-electron chi connectivity index (χ2n) is 4.48. The summed E-state index contributed by atoms with van der Waals surface area (Å²) in [4.78, 5) is 24.1. The van der Waals surface area contributed by atoms with E-state index in [2.05, 4.69) is 0 Å². The van der Waals surface area contributed by atoms with E-state index in [0.29, 0.717) is 13.0 Å². The summed E-state index contributed by atoms with van der Waals surface area (Å²) in [7, 11) is 0. The molecule has 5 nitrogen and oxygen atoms in total. The molecule has 1 aliphatic rings. The summed E-state index contributed by atoms with van der Waals surface area (Å²) in [5.41, 5.74) is 0.837. The molecule has 5 heteroatoms. The van der Waals surface area contributed by atoms with Gasteiger partial charge in [0.2, 0.25) is 5.91 Å². The molecule has 1 heterocycles. The molecule has 0 aliphatic carbocycles. The molecule has 2 N–H and O–H groups in total. The Morgan fingerprint density at radius 1 is 1.28 bits per heavy atom. The van der Waals surface area contributed by atoms with Crippen molar-refractivity contribution in [2.24, 2.45) is 0 Å². The first-order valence-corrected chi connectivity index (χ1v) is 5.79. The fourth-order valence-corrected chi connectivity index (χ4v) is 2.52. The number of carboxylic acid groups (broad SMARTS) is 1. The first-order valence-electron chi connectivity index (χ1n) is 5.79. The second kappa shape index (κ2) is 4.68. The Labute approximate surface area is 105 Å². The fraction of sp³-hybridized carbons (Fsp3) is 0.385. The van der Waals surface area contributed by atoms with Gasteiger partial charge in [0.25, 0.3) is 0 Å². The first kappa shape index (κ1) is 12.4. The number of hydrogen-bond donors (Lipinski definition) is 2. The molecule has 2 rings (SSSR count). The largest absolute Gasteiger partial charge is 0.508 e. The number of hydrogen-bond acceptors (Lipinski definition) is 3. The van der Waals surface area contributed by atoms with Crippen LogP contribution in [0.2, 0.25) is 0 Å². The number of phenols is 1. The standard InChI is InChI=1S/C13H15NO4/c1-8(15)14-7-6-11(12(14)13(17)18)9-2-4-10(16)5-3-9/h2-5,11-12,16H,6-7H2,1H3,(H,17,18)/t11?,12-/m0/s1. The zero-order chi connectivity index (χ0) is 13.3. The van der Waals surface area contributed by atoms with Gasteiger partial charge in [-0.2, -0.15) is 0 Å². The van der Waals surface area contributed by atoms with Crippen LogP contribution in [0.3, 0.4) is 0 Å². The summed E-state index contributed by atoms with van der Waals surface area (Å²) in [6.45, 7) is 1.84. The molecule has 0 aromatic heterocycles. The van der Waals surface area contributed by atoms with Crippen LogP contribution in [0.1, 0.15) is 24.8 Å². The van der Waals surface area contributed by atoms with Crippen molar-refractivity contribution in [2.75, 3.05) is 6.54 Å². The minimum absolute atomic E-state index is 0.145. The van der Waals surface area contributed by atoms with E-state index in [-0.39, 0.29) is 17.6 Å². The molecular weight excluding hydrogens is 234 g/mol. The molecule has 1 aromatic carbocycles. The third-order valence-electron chi connectivity index (χ3n) is 3.38. The summed E-state index contributed by atoms with van der Waals surface area (Å²) >= 11 is 0. The van der Waals surface area contributed by atoms with Crippen LogP contribution in [0.5, 0.6) is 5.75 Å². The maximum Gasteiger partial charge on any atom is 0.327 e. The quantitative estimate of drug-likeness (QED) is 0.825. The maximum atomic E-state index is 11.4. The highest BCUT2D eigenvalue weighted by molar-refractivity contribution is 5.84. The van der Waals surface area contributed by atoms with Gasteiger partial charge in [-0.05, 0) is 24.1 Å². The lowest BCUT2D eigenvalue weighted by Crippen LogP contribution is -2.41. The van der Waals surface area contributed by atoms with Gasteiger partial charge in [-0.15, -0.1) is 0 Å². The monoisotopic (exact) mass is 249 g/mol. The van der Waals surface area contributed by atoms with E-state index in [1.54, 1.807) is 12.1 Å². The van der Waals surface area contributed by atoms with Crippen LogP contribution in [0.4, 0.5) is 0 Å². The molecule has 0 bridgehead atoms. The zero-order valence-corrected chi connectivity index (χ0v) is 10.0. The van der Waals surface area contributed by atoms with Crippen LogP contribution in [-0.2, 0) is 9.59 Å². The Morgan fingerprint density at radius 3 is 2.39 bits per heavy atom. The molecule has 18 heavy (non-hydrogen) atoms. The predicted molar refractivity (Wildman–Crippen MR) is 64.3 cm³/mol. The van der Waals surface area contributed by atoms with Crippen molar-refractivity contribution in [1.29, 1.82) is 0 Å². The Bertz CT molecular complexity index is 468. The number of carbonyl (C=O) groups is 2. The molecule has 1 saturated heterocycles. The van der Waals surface area contributed by atoms with Crippen molar-refractivity contribution in [3.8, 4) is 5.75 Å². The summed E-state index contributed by atoms with van der Waals surface area (Å²) in [6.07, 6.45) is 0.626. The molecule has 1 aromatic rings. The normalized spacial score (nSPS) is 23.1. The molecule has 96 valence electrons. The van der Waals surface area contributed by atoms with Gasteiger partial charge in [-0.25, -0.2) is 4.79 Å². The molecular formula is C13H15NO4. The van der Waals surface area contributed by atoms with Crippen molar-refractivity contribution >= 4 is 11.9 Å². The van der Waals surface area contributed by atoms with Crippen LogP contribution in [0.15, 0.2) is 24.3 Å². The molecule has 0 saturated carbocycles. The topological polar surface area (TPSA) is 77.8 Å². The number of benzene rings is 1. The van der Waals surface area contributed by atoms with Gasteiger partial charge in [0.15, 0.2) is 0 Å². The molecule has 0 spiro atoms. The lowest BCUT2D eigenvalue weighted by atomic mass is 9.91. The van der Waals surface area contributed by atoms with E-state index in [0.717, 1.165) is 5.56 Å². The molecule has 1 amide bonds. The van der Waals surface area contributed by atoms with Crippen molar-refractivity contribution in [3.05, 3.63) is 29.8 Å². The van der Waals surface area contributed by atoms with E-state index in [9.17, 15) is 19.8 Å². The fourth-order valence-electron chi connectivity index (χ4n) is 2.52. The van der Waals surface area contributed by atoms with E-state index < -0.39 is 12.0 Å². The van der Waals surface area contributed by atoms with Crippen LogP contribution in [0, 0.1) is 0 Å². The lowest BCUT2D eigenvalue weighted by molar-refractivity contribution is -0.147. The molecule has 2 atom stereocenters. The minimum Gasteiger partial charge on any atom is -0.508 e. The van der Waals surface area contributed by atoms with Crippen LogP contribution >= 0.6 is 0 Å². The summed E-state index contributed by atoms with van der Waals surface area (Å²) in [5.74, 6) is -1.27. The number of aliphatic carboxylic acids is 1. The highest BCUT2D eigenvalue weighted by atomic mass is 16.4. The summed E-state index contributed by atoms with van der Waals surface area (Å²) in [5, 5.41) is 18.5. The Morgan fingerprint density at radius 2 is 1.89 bits per heavy atom. The van der Waals surface area contributed by atoms with Gasteiger partial charge in [0, 0.05) is 19.4 Å². The predicted octanol–water partition coefficient (Wildman–Crippen LogP) is 1.18. The van der Waals surface area contributed by atoms with Gasteiger partial charge in [0.1, 0.15) is 11.8 Å². The molecule has 0 radical (unpaired) electrons. The number of carbonyl (C=O) groups excluding carboxylic acids is 1. The Hall–Kier alpha value is -2.04. The van der Waals surface area contributed by atoms with Crippen LogP contribution in [-0.4, -0.2) is 39.6 Å². The highest BCUT2D eigenvalue weighted by Gasteiger charge is 2.41. The number of carboxylic acids is 1. The SMILES string of the molecule is CC(=O)N1CCC(c2ccc(O)cc2)[C@H]1C(=O)O. The maximum absolute atomic E-state index is 11.4. The van der Waals surface area contributed by atoms with Crippen molar-refractivity contribution < 1.29 is 19.8 Å². The van der Waals surface area contributed by atoms with Crippen LogP contribution < -0.4 is 0 Å². The lowest BCUT2D eigenvalue weighted by Gasteiger charge is -2.23. The van der Waals surface area contributed by atoms with Gasteiger partial charge in [0.05, 0.1) is 0 Å². The first-order chi connectivity index (χ1) is 8.50. The number of amides is 1. The smallest absolute Gasteiger partial charge is 0.327 e. The van der Waals surface area contributed by atoms with E-state index in [1.807, 2.05) is 0 Å². The average molecular weight is 249 g/mol. The van der Waals surface area contributed by atoms with E-state index in [1.165, 1.54) is 24.0 Å². The van der Waals surface area contributed by atoms with Crippen LogP contribution in [0.25, 0.3) is 0 Å². The zero-order valence-electron chi connectivity index (χ0n) is 10.0. The minimum atomic E-state index is -0.985. The average Bonchev–Trinajstić information content (AvgIpc) is 2.74. The third-order valence-corrected chi connectivity index (χ3v) is 3.38. The molecule has 1 unspecified atom stereocenters. The number of likely N-dealkylation sites (tertiary alicyclic amines) is 1. The van der Waals surface area contributed by atoms with E-state index in [4.69, 9.17) is 0 Å². The Balaban J connectivity index is 2.30. The summed E-state index contributed by atoms with van der Waals surface area (Å²) in [6, 6.07) is 5.67. The third kappa shape index (κ3) is 2.16. The van der Waals surface area contributed by atoms with Gasteiger partial charge in [-0.3, -0.25) is 4.79 Å². The van der Waals surface area contributed by atoms with Gasteiger partial charge >= 0.3 is 5.97 Å². The van der Waals surface area contributed by atoms with Crippen molar-refractivity contribution in [1.82, 2.24) is 4.90 Å². The summed E-state index contributed by atoms with van der Waals surface area (Å²) < 4.78 is 0. The Kier molecular flexibility index (Phi) is 3.23. The highest BCUT2D eigenvalue weighted by Crippen LogP contribution is 2.34. The van der Waals surface area contributed by atoms with Crippen molar-refractivity contribution in [3.63, 3.8) is 0 Å². The van der Waals surface area contributed by atoms with Gasteiger partial charge in [-0.1, -0.05) is 12.1 Å². The number of aromatic hydroxyl groups is 1. The molecule has 1 fully saturated rings. The van der Waals surface area contributed by atoms with E-state index >= 15 is 0 Å². The number of phenolic OH excluding ortho intramolecular Hbond substituents is 1. The number of nitrogens with zero attached hydrogens (tertiary/aromatic N) is 1. The number of rotatable bonds is 2.